The van der Waals surface area contributed by atoms with Gasteiger partial charge in [-0.05, 0) is 38.5 Å². The molecule has 0 aliphatic rings. The number of hydrogen-bond donors (Lipinski definition) is 3. The summed E-state index contributed by atoms with van der Waals surface area (Å²) in [5, 5.41) is 9.36. The molecule has 6 heteroatoms. The molecule has 0 radical (unpaired) electrons. The largest absolute Gasteiger partial charge is 0.497 e. The van der Waals surface area contributed by atoms with Crippen molar-refractivity contribution in [1.29, 1.82) is 0 Å². The standard InChI is InChI=1S/C17H28N4O2/c1-5-13(3)21-17(18-6-2)20-11-10-19-16(22)14-8-7-9-15(12-14)23-4/h7-9,12-13H,5-6,10-11H2,1-4H3,(H,19,22)(H2,18,20,21). The number of hydrogen-bond acceptors (Lipinski definition) is 3. The highest BCUT2D eigenvalue weighted by molar-refractivity contribution is 5.94. The summed E-state index contributed by atoms with van der Waals surface area (Å²) in [5.41, 5.74) is 0.581. The van der Waals surface area contributed by atoms with Crippen LogP contribution in [0.3, 0.4) is 0 Å². The second-order valence-electron chi connectivity index (χ2n) is 5.20. The molecule has 1 aromatic rings. The molecule has 1 rings (SSSR count). The van der Waals surface area contributed by atoms with Crippen molar-refractivity contribution >= 4 is 11.9 Å². The number of aliphatic imine (C=N–C) groups is 1. The Morgan fingerprint density at radius 2 is 2.09 bits per heavy atom. The molecular weight excluding hydrogens is 292 g/mol. The van der Waals surface area contributed by atoms with E-state index in [1.165, 1.54) is 0 Å². The van der Waals surface area contributed by atoms with Crippen LogP contribution in [0.5, 0.6) is 5.75 Å². The van der Waals surface area contributed by atoms with Crippen LogP contribution >= 0.6 is 0 Å². The van der Waals surface area contributed by atoms with Crippen LogP contribution in [0.1, 0.15) is 37.6 Å². The van der Waals surface area contributed by atoms with Gasteiger partial charge in [-0.1, -0.05) is 13.0 Å². The molecule has 0 aliphatic carbocycles. The van der Waals surface area contributed by atoms with Crippen LogP contribution in [0.4, 0.5) is 0 Å². The minimum absolute atomic E-state index is 0.126. The van der Waals surface area contributed by atoms with Gasteiger partial charge in [0.2, 0.25) is 0 Å². The molecule has 1 aromatic carbocycles. The average molecular weight is 320 g/mol. The van der Waals surface area contributed by atoms with Crippen molar-refractivity contribution in [2.75, 3.05) is 26.7 Å². The first kappa shape index (κ1) is 18.8. The Morgan fingerprint density at radius 3 is 2.74 bits per heavy atom. The lowest BCUT2D eigenvalue weighted by Crippen LogP contribution is -2.42. The Morgan fingerprint density at radius 1 is 1.30 bits per heavy atom. The quantitative estimate of drug-likeness (QED) is 0.388. The SMILES string of the molecule is CCNC(=NCCNC(=O)c1cccc(OC)c1)NC(C)CC. The Hall–Kier alpha value is -2.24. The van der Waals surface area contributed by atoms with Crippen molar-refractivity contribution in [3.05, 3.63) is 29.8 Å². The van der Waals surface area contributed by atoms with Gasteiger partial charge in [-0.25, -0.2) is 0 Å². The summed E-state index contributed by atoms with van der Waals surface area (Å²) < 4.78 is 5.12. The monoisotopic (exact) mass is 320 g/mol. The lowest BCUT2D eigenvalue weighted by molar-refractivity contribution is 0.0954. The molecule has 0 aliphatic heterocycles. The summed E-state index contributed by atoms with van der Waals surface area (Å²) in [6.07, 6.45) is 1.02. The number of carbonyl (C=O) groups excluding carboxylic acids is 1. The Bertz CT molecular complexity index is 517. The third kappa shape index (κ3) is 7.04. The summed E-state index contributed by atoms with van der Waals surface area (Å²) in [6, 6.07) is 7.44. The van der Waals surface area contributed by atoms with E-state index in [4.69, 9.17) is 4.74 Å². The molecule has 3 N–H and O–H groups in total. The van der Waals surface area contributed by atoms with E-state index in [1.54, 1.807) is 25.3 Å². The van der Waals surface area contributed by atoms with E-state index in [-0.39, 0.29) is 5.91 Å². The Balaban J connectivity index is 2.47. The summed E-state index contributed by atoms with van der Waals surface area (Å²) >= 11 is 0. The summed E-state index contributed by atoms with van der Waals surface area (Å²) in [4.78, 5) is 16.5. The smallest absolute Gasteiger partial charge is 0.251 e. The van der Waals surface area contributed by atoms with Crippen molar-refractivity contribution in [2.24, 2.45) is 4.99 Å². The van der Waals surface area contributed by atoms with Gasteiger partial charge in [-0.2, -0.15) is 0 Å². The molecule has 0 heterocycles. The van der Waals surface area contributed by atoms with E-state index in [9.17, 15) is 4.79 Å². The van der Waals surface area contributed by atoms with E-state index in [0.29, 0.717) is 30.4 Å². The Kier molecular flexibility index (Phi) is 8.57. The molecule has 23 heavy (non-hydrogen) atoms. The third-order valence-electron chi connectivity index (χ3n) is 3.34. The number of guanidine groups is 1. The fourth-order valence-corrected chi connectivity index (χ4v) is 1.86. The molecule has 128 valence electrons. The first-order valence-corrected chi connectivity index (χ1v) is 8.07. The van der Waals surface area contributed by atoms with E-state index < -0.39 is 0 Å². The Labute approximate surface area is 138 Å². The van der Waals surface area contributed by atoms with Crippen LogP contribution in [0.15, 0.2) is 29.3 Å². The fourth-order valence-electron chi connectivity index (χ4n) is 1.86. The first-order chi connectivity index (χ1) is 11.1. The van der Waals surface area contributed by atoms with Crippen LogP contribution in [-0.4, -0.2) is 44.7 Å². The van der Waals surface area contributed by atoms with Gasteiger partial charge < -0.3 is 20.7 Å². The summed E-state index contributed by atoms with van der Waals surface area (Å²) in [5.74, 6) is 1.32. The van der Waals surface area contributed by atoms with Crippen LogP contribution in [0.25, 0.3) is 0 Å². The van der Waals surface area contributed by atoms with Crippen molar-refractivity contribution in [3.63, 3.8) is 0 Å². The lowest BCUT2D eigenvalue weighted by Gasteiger charge is -2.16. The van der Waals surface area contributed by atoms with Crippen LogP contribution < -0.4 is 20.7 Å². The molecule has 1 amide bonds. The number of nitrogens with one attached hydrogen (secondary N) is 3. The number of amides is 1. The third-order valence-corrected chi connectivity index (χ3v) is 3.34. The number of methoxy groups -OCH3 is 1. The molecule has 6 nitrogen and oxygen atoms in total. The van der Waals surface area contributed by atoms with Crippen molar-refractivity contribution < 1.29 is 9.53 Å². The minimum Gasteiger partial charge on any atom is -0.497 e. The van der Waals surface area contributed by atoms with Gasteiger partial charge in [0.1, 0.15) is 5.75 Å². The van der Waals surface area contributed by atoms with Gasteiger partial charge in [-0.3, -0.25) is 9.79 Å². The van der Waals surface area contributed by atoms with Crippen molar-refractivity contribution in [3.8, 4) is 5.75 Å². The highest BCUT2D eigenvalue weighted by Crippen LogP contribution is 2.12. The van der Waals surface area contributed by atoms with Crippen LogP contribution in [0.2, 0.25) is 0 Å². The number of nitrogens with zero attached hydrogens (tertiary/aromatic N) is 1. The van der Waals surface area contributed by atoms with Gasteiger partial charge in [0.25, 0.3) is 5.91 Å². The second kappa shape index (κ2) is 10.5. The molecule has 0 bridgehead atoms. The van der Waals surface area contributed by atoms with E-state index in [2.05, 4.69) is 34.8 Å². The van der Waals surface area contributed by atoms with Gasteiger partial charge >= 0.3 is 0 Å². The van der Waals surface area contributed by atoms with Gasteiger partial charge in [0, 0.05) is 24.7 Å². The summed E-state index contributed by atoms with van der Waals surface area (Å²) in [7, 11) is 1.58. The molecule has 0 saturated heterocycles. The maximum absolute atomic E-state index is 12.1. The maximum Gasteiger partial charge on any atom is 0.251 e. The van der Waals surface area contributed by atoms with Crippen LogP contribution in [0, 0.1) is 0 Å². The minimum atomic E-state index is -0.126. The normalized spacial score (nSPS) is 12.4. The molecule has 1 unspecified atom stereocenters. The summed E-state index contributed by atoms with van der Waals surface area (Å²) in [6.45, 7) is 8.05. The second-order valence-corrected chi connectivity index (χ2v) is 5.20. The zero-order chi connectivity index (χ0) is 17.1. The molecule has 0 fully saturated rings. The predicted molar refractivity (Wildman–Crippen MR) is 94.2 cm³/mol. The zero-order valence-corrected chi connectivity index (χ0v) is 14.5. The number of carbonyl (C=O) groups is 1. The predicted octanol–water partition coefficient (Wildman–Crippen LogP) is 1.78. The molecule has 0 spiro atoms. The van der Waals surface area contributed by atoms with E-state index in [0.717, 1.165) is 18.9 Å². The van der Waals surface area contributed by atoms with E-state index >= 15 is 0 Å². The first-order valence-electron chi connectivity index (χ1n) is 8.07. The average Bonchev–Trinajstić information content (AvgIpc) is 2.58. The van der Waals surface area contributed by atoms with Crippen molar-refractivity contribution in [1.82, 2.24) is 16.0 Å². The van der Waals surface area contributed by atoms with Gasteiger partial charge in [0.15, 0.2) is 5.96 Å². The molecule has 0 aromatic heterocycles. The number of benzene rings is 1. The highest BCUT2D eigenvalue weighted by atomic mass is 16.5. The number of ether oxygens (including phenoxy) is 1. The lowest BCUT2D eigenvalue weighted by atomic mass is 10.2. The maximum atomic E-state index is 12.1. The molecule has 1 atom stereocenters. The molecule has 0 saturated carbocycles. The van der Waals surface area contributed by atoms with Gasteiger partial charge in [0.05, 0.1) is 13.7 Å². The zero-order valence-electron chi connectivity index (χ0n) is 14.5. The number of rotatable bonds is 8. The van der Waals surface area contributed by atoms with Crippen molar-refractivity contribution in [2.45, 2.75) is 33.2 Å². The van der Waals surface area contributed by atoms with Crippen LogP contribution in [-0.2, 0) is 0 Å². The molecular formula is C17H28N4O2. The topological polar surface area (TPSA) is 74.8 Å². The van der Waals surface area contributed by atoms with E-state index in [1.807, 2.05) is 13.0 Å². The fraction of sp³-hybridized carbons (Fsp3) is 0.529. The highest BCUT2D eigenvalue weighted by Gasteiger charge is 2.06. The van der Waals surface area contributed by atoms with Gasteiger partial charge in [-0.15, -0.1) is 0 Å².